The van der Waals surface area contributed by atoms with Crippen molar-refractivity contribution in [2.24, 2.45) is 5.73 Å². The molecule has 1 atom stereocenters. The molecule has 0 fully saturated rings. The Hall–Kier alpha value is -1.58. The summed E-state index contributed by atoms with van der Waals surface area (Å²) in [5.41, 5.74) is 8.65. The lowest BCUT2D eigenvalue weighted by atomic mass is 9.95. The Bertz CT molecular complexity index is 471. The summed E-state index contributed by atoms with van der Waals surface area (Å²) in [7, 11) is 0. The molecule has 0 bridgehead atoms. The van der Waals surface area contributed by atoms with Crippen molar-refractivity contribution in [3.05, 3.63) is 22.9 Å². The van der Waals surface area contributed by atoms with Crippen molar-refractivity contribution < 1.29 is 4.74 Å². The summed E-state index contributed by atoms with van der Waals surface area (Å²) in [6.45, 7) is 4.17. The van der Waals surface area contributed by atoms with Crippen LogP contribution in [0.1, 0.15) is 56.4 Å². The van der Waals surface area contributed by atoms with Gasteiger partial charge >= 0.3 is 0 Å². The first-order chi connectivity index (χ1) is 9.11. The number of aryl methyl sites for hydroxylation is 2. The second-order valence-corrected chi connectivity index (χ2v) is 5.28. The van der Waals surface area contributed by atoms with Crippen LogP contribution < -0.4 is 10.5 Å². The van der Waals surface area contributed by atoms with Gasteiger partial charge in [0.15, 0.2) is 0 Å². The Morgan fingerprint density at radius 3 is 2.89 bits per heavy atom. The molecule has 0 amide bonds. The van der Waals surface area contributed by atoms with Crippen LogP contribution in [0.3, 0.4) is 0 Å². The van der Waals surface area contributed by atoms with Crippen molar-refractivity contribution in [2.45, 2.75) is 58.5 Å². The lowest BCUT2D eigenvalue weighted by Gasteiger charge is -2.20. The van der Waals surface area contributed by atoms with Gasteiger partial charge in [-0.15, -0.1) is 0 Å². The largest absolute Gasteiger partial charge is 0.474 e. The van der Waals surface area contributed by atoms with Crippen LogP contribution in [0.5, 0.6) is 5.88 Å². The highest BCUT2D eigenvalue weighted by Crippen LogP contribution is 2.26. The van der Waals surface area contributed by atoms with Gasteiger partial charge < -0.3 is 10.5 Å². The van der Waals surface area contributed by atoms with Crippen LogP contribution in [0.2, 0.25) is 0 Å². The van der Waals surface area contributed by atoms with E-state index in [1.54, 1.807) is 0 Å². The number of amidine groups is 1. The molecule has 0 spiro atoms. The highest BCUT2D eigenvalue weighted by Gasteiger charge is 2.18. The van der Waals surface area contributed by atoms with Crippen LogP contribution in [-0.2, 0) is 12.8 Å². The average molecular weight is 261 g/mol. The number of ether oxygens (including phenoxy) is 1. The molecule has 2 rings (SSSR count). The molecule has 1 aromatic heterocycles. The van der Waals surface area contributed by atoms with Gasteiger partial charge in [0, 0.05) is 5.69 Å². The molecule has 1 aromatic rings. The normalized spacial score (nSPS) is 15.7. The van der Waals surface area contributed by atoms with Gasteiger partial charge in [-0.3, -0.25) is 5.41 Å². The number of hydrogen-bond donors (Lipinski definition) is 2. The molecular weight excluding hydrogens is 238 g/mol. The summed E-state index contributed by atoms with van der Waals surface area (Å²) < 4.78 is 5.88. The molecule has 0 aliphatic heterocycles. The number of nitrogens with two attached hydrogens (primary N) is 1. The number of nitrogen functional groups attached to an aromatic ring is 1. The maximum Gasteiger partial charge on any atom is 0.225 e. The smallest absolute Gasteiger partial charge is 0.225 e. The second kappa shape index (κ2) is 6.04. The third-order valence-corrected chi connectivity index (χ3v) is 3.56. The third kappa shape index (κ3) is 3.25. The minimum Gasteiger partial charge on any atom is -0.474 e. The van der Waals surface area contributed by atoms with E-state index < -0.39 is 0 Å². The molecule has 0 saturated heterocycles. The summed E-state index contributed by atoms with van der Waals surface area (Å²) in [4.78, 5) is 4.61. The maximum atomic E-state index is 7.70. The topological polar surface area (TPSA) is 72.0 Å². The summed E-state index contributed by atoms with van der Waals surface area (Å²) in [5.74, 6) is 0.577. The van der Waals surface area contributed by atoms with E-state index in [-0.39, 0.29) is 11.9 Å². The third-order valence-electron chi connectivity index (χ3n) is 3.56. The molecule has 4 nitrogen and oxygen atoms in total. The van der Waals surface area contributed by atoms with Crippen LogP contribution >= 0.6 is 0 Å². The molecule has 1 unspecified atom stereocenters. The lowest BCUT2D eigenvalue weighted by molar-refractivity contribution is 0.200. The molecule has 4 heteroatoms. The molecule has 0 saturated carbocycles. The Morgan fingerprint density at radius 1 is 1.47 bits per heavy atom. The van der Waals surface area contributed by atoms with Crippen LogP contribution in [0.15, 0.2) is 6.07 Å². The zero-order valence-electron chi connectivity index (χ0n) is 11.8. The van der Waals surface area contributed by atoms with E-state index in [9.17, 15) is 0 Å². The monoisotopic (exact) mass is 261 g/mol. The van der Waals surface area contributed by atoms with Gasteiger partial charge in [0.25, 0.3) is 0 Å². The quantitative estimate of drug-likeness (QED) is 0.632. The van der Waals surface area contributed by atoms with Crippen molar-refractivity contribution >= 4 is 5.84 Å². The second-order valence-electron chi connectivity index (χ2n) is 5.28. The molecule has 1 heterocycles. The predicted molar refractivity (Wildman–Crippen MR) is 76.9 cm³/mol. The molecular formula is C15H23N3O. The van der Waals surface area contributed by atoms with E-state index >= 15 is 0 Å². The molecule has 19 heavy (non-hydrogen) atoms. The van der Waals surface area contributed by atoms with Crippen molar-refractivity contribution in [1.29, 1.82) is 5.41 Å². The molecule has 1 aliphatic rings. The Balaban J connectivity index is 2.31. The number of hydrogen-bond acceptors (Lipinski definition) is 3. The summed E-state index contributed by atoms with van der Waals surface area (Å²) >= 11 is 0. The first-order valence-corrected chi connectivity index (χ1v) is 7.15. The maximum absolute atomic E-state index is 7.70. The summed E-state index contributed by atoms with van der Waals surface area (Å²) in [6, 6.07) is 2.00. The van der Waals surface area contributed by atoms with Crippen LogP contribution in [0.4, 0.5) is 0 Å². The molecule has 0 aromatic carbocycles. The fraction of sp³-hybridized carbons (Fsp3) is 0.600. The number of nitrogens with zero attached hydrogens (tertiary/aromatic N) is 1. The van der Waals surface area contributed by atoms with Crippen molar-refractivity contribution in [3.63, 3.8) is 0 Å². The van der Waals surface area contributed by atoms with Crippen LogP contribution in [0, 0.1) is 5.41 Å². The van der Waals surface area contributed by atoms with E-state index in [2.05, 4.69) is 11.9 Å². The number of rotatable bonds is 5. The van der Waals surface area contributed by atoms with Gasteiger partial charge in [-0.1, -0.05) is 13.3 Å². The van der Waals surface area contributed by atoms with E-state index in [4.69, 9.17) is 15.9 Å². The van der Waals surface area contributed by atoms with Gasteiger partial charge in [0.1, 0.15) is 5.84 Å². The fourth-order valence-electron chi connectivity index (χ4n) is 2.55. The predicted octanol–water partition coefficient (Wildman–Crippen LogP) is 2.81. The van der Waals surface area contributed by atoms with Crippen molar-refractivity contribution in [1.82, 2.24) is 4.98 Å². The minimum absolute atomic E-state index is 0.0413. The molecule has 0 radical (unpaired) electrons. The summed E-state index contributed by atoms with van der Waals surface area (Å²) in [6.07, 6.45) is 6.58. The standard InChI is InChI=1S/C15H23N3O/c1-3-6-10(2)19-15-12(14(16)17)9-11-7-4-5-8-13(11)18-15/h9-10H,3-8H2,1-2H3,(H3,16,17). The Labute approximate surface area is 114 Å². The van der Waals surface area contributed by atoms with Gasteiger partial charge in [-0.2, -0.15) is 0 Å². The van der Waals surface area contributed by atoms with E-state index in [0.29, 0.717) is 11.4 Å². The highest BCUT2D eigenvalue weighted by atomic mass is 16.5. The molecule has 1 aliphatic carbocycles. The molecule has 3 N–H and O–H groups in total. The summed E-state index contributed by atoms with van der Waals surface area (Å²) in [5, 5.41) is 7.70. The van der Waals surface area contributed by atoms with Crippen molar-refractivity contribution in [2.75, 3.05) is 0 Å². The average Bonchev–Trinajstić information content (AvgIpc) is 2.38. The fourth-order valence-corrected chi connectivity index (χ4v) is 2.55. The van der Waals surface area contributed by atoms with Gasteiger partial charge in [-0.25, -0.2) is 4.98 Å². The van der Waals surface area contributed by atoms with E-state index in [0.717, 1.165) is 31.4 Å². The lowest BCUT2D eigenvalue weighted by Crippen LogP contribution is -2.20. The van der Waals surface area contributed by atoms with Gasteiger partial charge in [0.05, 0.1) is 11.7 Å². The SMILES string of the molecule is CCCC(C)Oc1nc2c(cc1C(=N)N)CCCC2. The van der Waals surface area contributed by atoms with Gasteiger partial charge in [-0.05, 0) is 50.7 Å². The van der Waals surface area contributed by atoms with Crippen LogP contribution in [0.25, 0.3) is 0 Å². The van der Waals surface area contributed by atoms with Crippen LogP contribution in [-0.4, -0.2) is 16.9 Å². The Morgan fingerprint density at radius 2 is 2.21 bits per heavy atom. The van der Waals surface area contributed by atoms with E-state index in [1.165, 1.54) is 18.4 Å². The zero-order chi connectivity index (χ0) is 13.8. The first kappa shape index (κ1) is 13.8. The number of fused-ring (bicyclic) bond motifs is 1. The van der Waals surface area contributed by atoms with Crippen molar-refractivity contribution in [3.8, 4) is 5.88 Å². The number of nitrogens with one attached hydrogen (secondary N) is 1. The zero-order valence-corrected chi connectivity index (χ0v) is 11.8. The molecule has 104 valence electrons. The van der Waals surface area contributed by atoms with E-state index in [1.807, 2.05) is 13.0 Å². The first-order valence-electron chi connectivity index (χ1n) is 7.15. The number of pyridine rings is 1. The Kier molecular flexibility index (Phi) is 4.40. The van der Waals surface area contributed by atoms with Gasteiger partial charge in [0.2, 0.25) is 5.88 Å². The highest BCUT2D eigenvalue weighted by molar-refractivity contribution is 5.97. The minimum atomic E-state index is 0.0413. The number of aromatic nitrogens is 1.